The molecule has 0 aliphatic heterocycles. The topological polar surface area (TPSA) is 116 Å². The van der Waals surface area contributed by atoms with Crippen LogP contribution in [-0.2, 0) is 22.7 Å². The molecule has 1 aromatic carbocycles. The van der Waals surface area contributed by atoms with Crippen molar-refractivity contribution in [2.45, 2.75) is 27.1 Å². The van der Waals surface area contributed by atoms with E-state index in [4.69, 9.17) is 15.2 Å². The van der Waals surface area contributed by atoms with Crippen molar-refractivity contribution in [1.29, 1.82) is 0 Å². The quantitative estimate of drug-likeness (QED) is 0.233. The van der Waals surface area contributed by atoms with E-state index in [1.165, 1.54) is 22.7 Å². The first-order valence-corrected chi connectivity index (χ1v) is 13.5. The number of benzene rings is 1. The molecule has 8 nitrogen and oxygen atoms in total. The molecule has 38 heavy (non-hydrogen) atoms. The summed E-state index contributed by atoms with van der Waals surface area (Å²) in [4.78, 5) is 38.7. The summed E-state index contributed by atoms with van der Waals surface area (Å²) < 4.78 is 10.8. The number of ketones is 1. The summed E-state index contributed by atoms with van der Waals surface area (Å²) in [5.74, 6) is -0.619. The predicted octanol–water partition coefficient (Wildman–Crippen LogP) is 5.88. The van der Waals surface area contributed by atoms with Gasteiger partial charge in [0.05, 0.1) is 24.6 Å². The zero-order valence-corrected chi connectivity index (χ0v) is 23.0. The highest BCUT2D eigenvalue weighted by atomic mass is 32.1. The third kappa shape index (κ3) is 4.67. The van der Waals surface area contributed by atoms with E-state index in [0.717, 1.165) is 27.9 Å². The third-order valence-corrected chi connectivity index (χ3v) is 8.25. The first kappa shape index (κ1) is 25.9. The van der Waals surface area contributed by atoms with Gasteiger partial charge in [0, 0.05) is 41.9 Å². The number of amides is 1. The van der Waals surface area contributed by atoms with Gasteiger partial charge in [-0.2, -0.15) is 0 Å². The molecule has 0 atom stereocenters. The number of nitrogens with zero attached hydrogens (tertiary/aromatic N) is 2. The Labute approximate surface area is 227 Å². The molecule has 0 saturated carbocycles. The highest BCUT2D eigenvalue weighted by molar-refractivity contribution is 7.24. The highest BCUT2D eigenvalue weighted by Crippen LogP contribution is 2.43. The van der Waals surface area contributed by atoms with E-state index in [0.29, 0.717) is 55.0 Å². The van der Waals surface area contributed by atoms with Crippen LogP contribution in [0.3, 0.4) is 0 Å². The minimum atomic E-state index is -0.327. The van der Waals surface area contributed by atoms with E-state index in [-0.39, 0.29) is 11.7 Å². The summed E-state index contributed by atoms with van der Waals surface area (Å²) in [7, 11) is 3.22. The fraction of sp³-hybridized carbons (Fsp3) is 0.214. The molecule has 0 saturated heterocycles. The minimum absolute atomic E-state index is 0.293. The SMILES string of the molecule is COCc1cc(C)nc2sc(C(=O)c3sc4nc(C)cc(COC)c4c3NC(=O)c3ccccc3)c(N)c12. The molecule has 0 radical (unpaired) electrons. The summed E-state index contributed by atoms with van der Waals surface area (Å²) in [6.45, 7) is 4.42. The standard InChI is InChI=1S/C28H26N4O4S2/c1-14-10-17(12-35-3)19-21(29)24(37-27(19)30-14)23(33)25-22(32-26(34)16-8-6-5-7-9-16)20-18(13-36-4)11-15(2)31-28(20)38-25/h5-11H,12-13,29H2,1-4H3,(H,32,34). The number of carbonyl (C=O) groups excluding carboxylic acids is 2. The van der Waals surface area contributed by atoms with Crippen molar-refractivity contribution >= 4 is 66.2 Å². The number of thiophene rings is 2. The average molecular weight is 547 g/mol. The van der Waals surface area contributed by atoms with Crippen molar-refractivity contribution in [3.8, 4) is 0 Å². The number of pyridine rings is 2. The van der Waals surface area contributed by atoms with E-state index in [1.807, 2.05) is 32.0 Å². The summed E-state index contributed by atoms with van der Waals surface area (Å²) in [6.07, 6.45) is 0. The Kier molecular flexibility index (Phi) is 7.22. The third-order valence-electron chi connectivity index (χ3n) is 6.07. The molecule has 0 unspecified atom stereocenters. The molecule has 0 aliphatic rings. The van der Waals surface area contributed by atoms with Gasteiger partial charge in [-0.15, -0.1) is 22.7 Å². The summed E-state index contributed by atoms with van der Waals surface area (Å²) in [5.41, 5.74) is 11.1. The zero-order chi connectivity index (χ0) is 27.0. The van der Waals surface area contributed by atoms with Gasteiger partial charge in [-0.3, -0.25) is 9.59 Å². The number of rotatable bonds is 8. The molecule has 1 amide bonds. The zero-order valence-electron chi connectivity index (χ0n) is 21.4. The molecule has 0 fully saturated rings. The van der Waals surface area contributed by atoms with Crippen LogP contribution in [0.15, 0.2) is 42.5 Å². The van der Waals surface area contributed by atoms with E-state index in [9.17, 15) is 9.59 Å². The second-order valence-electron chi connectivity index (χ2n) is 8.87. The Bertz CT molecular complexity index is 1690. The summed E-state index contributed by atoms with van der Waals surface area (Å²) in [5, 5.41) is 4.40. The van der Waals surface area contributed by atoms with Crippen LogP contribution in [0.2, 0.25) is 0 Å². The van der Waals surface area contributed by atoms with Gasteiger partial charge in [0.1, 0.15) is 19.4 Å². The Hall–Kier alpha value is -3.70. The molecule has 0 aliphatic carbocycles. The van der Waals surface area contributed by atoms with Crippen molar-refractivity contribution in [3.05, 3.63) is 80.3 Å². The number of nitrogen functional groups attached to an aromatic ring is 1. The lowest BCUT2D eigenvalue weighted by molar-refractivity contribution is 0.102. The van der Waals surface area contributed by atoms with Crippen LogP contribution >= 0.6 is 22.7 Å². The van der Waals surface area contributed by atoms with Crippen molar-refractivity contribution in [3.63, 3.8) is 0 Å². The van der Waals surface area contributed by atoms with Crippen molar-refractivity contribution in [2.24, 2.45) is 0 Å². The lowest BCUT2D eigenvalue weighted by Gasteiger charge is -2.10. The molecule has 5 aromatic rings. The van der Waals surface area contributed by atoms with Crippen LogP contribution < -0.4 is 11.1 Å². The van der Waals surface area contributed by atoms with Gasteiger partial charge in [0.25, 0.3) is 5.91 Å². The number of ether oxygens (including phenoxy) is 2. The maximum atomic E-state index is 14.1. The van der Waals surface area contributed by atoms with Crippen LogP contribution in [0.1, 0.15) is 47.4 Å². The van der Waals surface area contributed by atoms with Crippen LogP contribution in [0.5, 0.6) is 0 Å². The Morgan fingerprint density at radius 2 is 1.42 bits per heavy atom. The largest absolute Gasteiger partial charge is 0.397 e. The number of hydrogen-bond acceptors (Lipinski definition) is 9. The van der Waals surface area contributed by atoms with Crippen LogP contribution in [0, 0.1) is 13.8 Å². The smallest absolute Gasteiger partial charge is 0.255 e. The normalized spacial score (nSPS) is 11.4. The molecular formula is C28H26N4O4S2. The molecule has 4 heterocycles. The molecule has 10 heteroatoms. The number of fused-ring (bicyclic) bond motifs is 2. The van der Waals surface area contributed by atoms with Crippen molar-refractivity contribution in [2.75, 3.05) is 25.3 Å². The molecule has 3 N–H and O–H groups in total. The summed E-state index contributed by atoms with van der Waals surface area (Å²) in [6, 6.07) is 12.7. The number of nitrogens with one attached hydrogen (secondary N) is 1. The van der Waals surface area contributed by atoms with E-state index >= 15 is 0 Å². The maximum Gasteiger partial charge on any atom is 0.255 e. The molecule has 0 bridgehead atoms. The number of anilines is 2. The fourth-order valence-electron chi connectivity index (χ4n) is 4.51. The second kappa shape index (κ2) is 10.6. The van der Waals surface area contributed by atoms with Crippen LogP contribution in [0.4, 0.5) is 11.4 Å². The number of hydrogen-bond donors (Lipinski definition) is 2. The van der Waals surface area contributed by atoms with E-state index in [1.54, 1.807) is 38.5 Å². The lowest BCUT2D eigenvalue weighted by Crippen LogP contribution is -2.14. The minimum Gasteiger partial charge on any atom is -0.397 e. The maximum absolute atomic E-state index is 14.1. The van der Waals surface area contributed by atoms with Gasteiger partial charge in [-0.1, -0.05) is 18.2 Å². The monoisotopic (exact) mass is 546 g/mol. The molecule has 0 spiro atoms. The van der Waals surface area contributed by atoms with Gasteiger partial charge < -0.3 is 20.5 Å². The van der Waals surface area contributed by atoms with Gasteiger partial charge in [-0.05, 0) is 49.2 Å². The summed E-state index contributed by atoms with van der Waals surface area (Å²) >= 11 is 2.47. The number of aryl methyl sites for hydroxylation is 2. The van der Waals surface area contributed by atoms with E-state index < -0.39 is 0 Å². The Balaban J connectivity index is 1.71. The first-order chi connectivity index (χ1) is 18.3. The second-order valence-corrected chi connectivity index (χ2v) is 10.9. The molecule has 194 valence electrons. The predicted molar refractivity (Wildman–Crippen MR) is 152 cm³/mol. The van der Waals surface area contributed by atoms with Gasteiger partial charge in [0.15, 0.2) is 0 Å². The Morgan fingerprint density at radius 1 is 0.868 bits per heavy atom. The van der Waals surface area contributed by atoms with Gasteiger partial charge in [-0.25, -0.2) is 9.97 Å². The van der Waals surface area contributed by atoms with Crippen LogP contribution in [0.25, 0.3) is 20.4 Å². The van der Waals surface area contributed by atoms with E-state index in [2.05, 4.69) is 15.3 Å². The average Bonchev–Trinajstić information content (AvgIpc) is 3.41. The molecule has 5 rings (SSSR count). The van der Waals surface area contributed by atoms with Crippen LogP contribution in [-0.4, -0.2) is 35.9 Å². The first-order valence-electron chi connectivity index (χ1n) is 11.8. The Morgan fingerprint density at radius 3 is 2.03 bits per heavy atom. The molecular weight excluding hydrogens is 520 g/mol. The fourth-order valence-corrected chi connectivity index (χ4v) is 6.88. The number of carbonyl (C=O) groups is 2. The number of nitrogens with two attached hydrogens (primary N) is 1. The molecule has 4 aromatic heterocycles. The number of aromatic nitrogens is 2. The highest BCUT2D eigenvalue weighted by Gasteiger charge is 2.28. The van der Waals surface area contributed by atoms with Gasteiger partial charge >= 0.3 is 0 Å². The number of methoxy groups -OCH3 is 2. The van der Waals surface area contributed by atoms with Crippen molar-refractivity contribution < 1.29 is 19.1 Å². The van der Waals surface area contributed by atoms with Gasteiger partial charge in [0.2, 0.25) is 5.78 Å². The van der Waals surface area contributed by atoms with Crippen molar-refractivity contribution in [1.82, 2.24) is 9.97 Å². The lowest BCUT2D eigenvalue weighted by atomic mass is 10.1.